The molecule has 0 heterocycles. The van der Waals surface area contributed by atoms with Crippen LogP contribution >= 0.6 is 38.5 Å². The van der Waals surface area contributed by atoms with E-state index in [-0.39, 0.29) is 5.82 Å². The first-order valence-corrected chi connectivity index (χ1v) is 7.32. The Labute approximate surface area is 127 Å². The maximum Gasteiger partial charge on any atom is 0.137 e. The number of benzene rings is 2. The lowest BCUT2D eigenvalue weighted by Crippen LogP contribution is -2.04. The Balaban J connectivity index is 2.24. The van der Waals surface area contributed by atoms with Crippen LogP contribution < -0.4 is 0 Å². The second kappa shape index (κ2) is 6.12. The van der Waals surface area contributed by atoms with E-state index in [1.165, 1.54) is 6.07 Å². The van der Waals surface area contributed by atoms with E-state index >= 15 is 0 Å². The van der Waals surface area contributed by atoms with Gasteiger partial charge in [0.1, 0.15) is 5.82 Å². The van der Waals surface area contributed by atoms with Crippen molar-refractivity contribution < 1.29 is 9.50 Å². The van der Waals surface area contributed by atoms with E-state index in [0.29, 0.717) is 10.9 Å². The van der Waals surface area contributed by atoms with Crippen molar-refractivity contribution in [2.45, 2.75) is 12.5 Å². The fourth-order valence-corrected chi connectivity index (χ4v) is 2.94. The van der Waals surface area contributed by atoms with E-state index in [0.717, 1.165) is 14.7 Å². The lowest BCUT2D eigenvalue weighted by Gasteiger charge is -2.14. The number of rotatable bonds is 3. The molecule has 0 bridgehead atoms. The smallest absolute Gasteiger partial charge is 0.137 e. The molecule has 0 spiro atoms. The standard InChI is InChI=1S/C14H11BrFIO/c15-14-9(4-3-6-11(14)16)8-13(18)10-5-1-2-7-12(10)17/h1-7,13,18H,8H2. The molecular formula is C14H11BrFIO. The van der Waals surface area contributed by atoms with Crippen molar-refractivity contribution in [2.24, 2.45) is 0 Å². The first-order valence-electron chi connectivity index (χ1n) is 5.45. The summed E-state index contributed by atoms with van der Waals surface area (Å²) in [5, 5.41) is 10.2. The number of halogens is 3. The second-order valence-electron chi connectivity index (χ2n) is 3.95. The molecule has 2 rings (SSSR count). The molecule has 0 radical (unpaired) electrons. The molecule has 2 aromatic rings. The third-order valence-corrected chi connectivity index (χ3v) is 4.58. The minimum absolute atomic E-state index is 0.303. The van der Waals surface area contributed by atoms with E-state index in [1.807, 2.05) is 30.3 Å². The summed E-state index contributed by atoms with van der Waals surface area (Å²) in [4.78, 5) is 0. The quantitative estimate of drug-likeness (QED) is 0.726. The first-order chi connectivity index (χ1) is 8.59. The van der Waals surface area contributed by atoms with E-state index in [9.17, 15) is 9.50 Å². The van der Waals surface area contributed by atoms with Crippen LogP contribution in [0.1, 0.15) is 17.2 Å². The summed E-state index contributed by atoms with van der Waals surface area (Å²) in [6, 6.07) is 12.5. The average Bonchev–Trinajstić information content (AvgIpc) is 2.35. The second-order valence-corrected chi connectivity index (χ2v) is 5.91. The predicted molar refractivity (Wildman–Crippen MR) is 81.9 cm³/mol. The van der Waals surface area contributed by atoms with Crippen molar-refractivity contribution in [3.63, 3.8) is 0 Å². The van der Waals surface area contributed by atoms with Crippen LogP contribution in [0.15, 0.2) is 46.9 Å². The van der Waals surface area contributed by atoms with Crippen LogP contribution in [-0.4, -0.2) is 5.11 Å². The Bertz CT molecular complexity index is 559. The van der Waals surface area contributed by atoms with Gasteiger partial charge in [0.2, 0.25) is 0 Å². The lowest BCUT2D eigenvalue weighted by atomic mass is 10.0. The number of hydrogen-bond acceptors (Lipinski definition) is 1. The highest BCUT2D eigenvalue weighted by Gasteiger charge is 2.14. The maximum absolute atomic E-state index is 13.4. The largest absolute Gasteiger partial charge is 0.388 e. The molecule has 1 unspecified atom stereocenters. The molecule has 0 fully saturated rings. The first kappa shape index (κ1) is 14.0. The van der Waals surface area contributed by atoms with Crippen molar-refractivity contribution in [1.29, 1.82) is 0 Å². The van der Waals surface area contributed by atoms with Crippen molar-refractivity contribution in [3.05, 3.63) is 67.5 Å². The van der Waals surface area contributed by atoms with Crippen LogP contribution in [0, 0.1) is 9.39 Å². The van der Waals surface area contributed by atoms with Crippen molar-refractivity contribution in [1.82, 2.24) is 0 Å². The molecule has 1 nitrogen and oxygen atoms in total. The third-order valence-electron chi connectivity index (χ3n) is 2.71. The van der Waals surface area contributed by atoms with E-state index in [1.54, 1.807) is 6.07 Å². The Morgan fingerprint density at radius 2 is 1.89 bits per heavy atom. The fourth-order valence-electron chi connectivity index (χ4n) is 1.77. The van der Waals surface area contributed by atoms with Gasteiger partial charge in [0.15, 0.2) is 0 Å². The summed E-state index contributed by atoms with van der Waals surface area (Å²) in [5.74, 6) is -0.303. The van der Waals surface area contributed by atoms with Crippen LogP contribution in [0.4, 0.5) is 4.39 Å². The number of aliphatic hydroxyl groups is 1. The molecule has 0 aliphatic rings. The van der Waals surface area contributed by atoms with Crippen LogP contribution in [-0.2, 0) is 6.42 Å². The molecule has 94 valence electrons. The number of hydrogen-bond donors (Lipinski definition) is 1. The highest BCUT2D eigenvalue weighted by Crippen LogP contribution is 2.27. The average molecular weight is 421 g/mol. The van der Waals surface area contributed by atoms with Crippen molar-refractivity contribution >= 4 is 38.5 Å². The summed E-state index contributed by atoms with van der Waals surface area (Å²) in [6.45, 7) is 0. The van der Waals surface area contributed by atoms with E-state index < -0.39 is 6.10 Å². The minimum Gasteiger partial charge on any atom is -0.388 e. The van der Waals surface area contributed by atoms with Gasteiger partial charge in [0.25, 0.3) is 0 Å². The van der Waals surface area contributed by atoms with Gasteiger partial charge < -0.3 is 5.11 Å². The van der Waals surface area contributed by atoms with Crippen LogP contribution in [0.5, 0.6) is 0 Å². The summed E-state index contributed by atoms with van der Waals surface area (Å²) < 4.78 is 14.8. The zero-order valence-corrected chi connectivity index (χ0v) is 13.2. The van der Waals surface area contributed by atoms with Gasteiger partial charge in [-0.3, -0.25) is 0 Å². The highest BCUT2D eigenvalue weighted by molar-refractivity contribution is 14.1. The molecule has 2 aromatic carbocycles. The molecular weight excluding hydrogens is 410 g/mol. The summed E-state index contributed by atoms with van der Waals surface area (Å²) in [6.07, 6.45) is -0.241. The SMILES string of the molecule is OC(Cc1cccc(F)c1Br)c1ccccc1I. The zero-order chi connectivity index (χ0) is 13.1. The van der Waals surface area contributed by atoms with E-state index in [4.69, 9.17) is 0 Å². The topological polar surface area (TPSA) is 20.2 Å². The van der Waals surface area contributed by atoms with E-state index in [2.05, 4.69) is 38.5 Å². The summed E-state index contributed by atoms with van der Waals surface area (Å²) >= 11 is 5.40. The van der Waals surface area contributed by atoms with Gasteiger partial charge in [-0.15, -0.1) is 0 Å². The molecule has 1 N–H and O–H groups in total. The van der Waals surface area contributed by atoms with Crippen molar-refractivity contribution in [3.8, 4) is 0 Å². The van der Waals surface area contributed by atoms with Crippen LogP contribution in [0.25, 0.3) is 0 Å². The molecule has 0 aliphatic carbocycles. The summed E-state index contributed by atoms with van der Waals surface area (Å²) in [5.41, 5.74) is 1.64. The van der Waals surface area contributed by atoms with Gasteiger partial charge >= 0.3 is 0 Å². The van der Waals surface area contributed by atoms with Gasteiger partial charge in [-0.25, -0.2) is 4.39 Å². The predicted octanol–water partition coefficient (Wildman–Crippen LogP) is 4.47. The fraction of sp³-hybridized carbons (Fsp3) is 0.143. The Morgan fingerprint density at radius 3 is 2.61 bits per heavy atom. The number of aliphatic hydroxyl groups excluding tert-OH is 1. The maximum atomic E-state index is 13.4. The Morgan fingerprint density at radius 1 is 1.17 bits per heavy atom. The van der Waals surface area contributed by atoms with Gasteiger partial charge in [0.05, 0.1) is 10.6 Å². The normalized spacial score (nSPS) is 12.4. The van der Waals surface area contributed by atoms with Gasteiger partial charge in [-0.05, 0) is 61.8 Å². The molecule has 4 heteroatoms. The zero-order valence-electron chi connectivity index (χ0n) is 9.41. The Kier molecular flexibility index (Phi) is 4.75. The summed E-state index contributed by atoms with van der Waals surface area (Å²) in [7, 11) is 0. The highest BCUT2D eigenvalue weighted by atomic mass is 127. The Hall–Kier alpha value is -0.460. The molecule has 0 aromatic heterocycles. The van der Waals surface area contributed by atoms with Gasteiger partial charge in [-0.1, -0.05) is 30.3 Å². The van der Waals surface area contributed by atoms with Crippen molar-refractivity contribution in [2.75, 3.05) is 0 Å². The lowest BCUT2D eigenvalue weighted by molar-refractivity contribution is 0.177. The molecule has 1 atom stereocenters. The van der Waals surface area contributed by atoms with Crippen LogP contribution in [0.3, 0.4) is 0 Å². The molecule has 0 saturated carbocycles. The van der Waals surface area contributed by atoms with Gasteiger partial charge in [-0.2, -0.15) is 0 Å². The molecule has 18 heavy (non-hydrogen) atoms. The van der Waals surface area contributed by atoms with Crippen LogP contribution in [0.2, 0.25) is 0 Å². The molecule has 0 aliphatic heterocycles. The third kappa shape index (κ3) is 3.10. The molecule has 0 amide bonds. The molecule has 0 saturated heterocycles. The van der Waals surface area contributed by atoms with Gasteiger partial charge in [0, 0.05) is 9.99 Å². The minimum atomic E-state index is -0.629. The monoisotopic (exact) mass is 420 g/mol.